The van der Waals surface area contributed by atoms with E-state index in [9.17, 15) is 18.0 Å². The number of carbonyl (C=O) groups is 2. The van der Waals surface area contributed by atoms with Crippen LogP contribution in [0.25, 0.3) is 0 Å². The lowest BCUT2D eigenvalue weighted by Gasteiger charge is -2.32. The van der Waals surface area contributed by atoms with Gasteiger partial charge in [-0.1, -0.05) is 83.1 Å². The maximum absolute atomic E-state index is 14.7. The number of hydrogen-bond donors (Lipinski definition) is 2. The van der Waals surface area contributed by atoms with Crippen molar-refractivity contribution in [2.24, 2.45) is 0 Å². The number of hydrogen-bond acceptors (Lipinski definition) is 4. The van der Waals surface area contributed by atoms with Crippen molar-refractivity contribution in [3.05, 3.63) is 46.5 Å². The van der Waals surface area contributed by atoms with Crippen LogP contribution < -0.4 is 10.6 Å². The molecule has 4 amide bonds. The highest BCUT2D eigenvalue weighted by Crippen LogP contribution is 2.44. The van der Waals surface area contributed by atoms with Crippen molar-refractivity contribution in [1.82, 2.24) is 9.80 Å². The van der Waals surface area contributed by atoms with Gasteiger partial charge in [-0.3, -0.25) is 0 Å². The van der Waals surface area contributed by atoms with Crippen molar-refractivity contribution in [2.45, 2.75) is 115 Å². The van der Waals surface area contributed by atoms with E-state index in [1.165, 1.54) is 0 Å². The van der Waals surface area contributed by atoms with Gasteiger partial charge in [0, 0.05) is 37.6 Å². The number of urea groups is 2. The monoisotopic (exact) mass is 610 g/mol. The Morgan fingerprint density at radius 2 is 0.767 bits per heavy atom. The molecule has 2 aromatic rings. The van der Waals surface area contributed by atoms with Crippen LogP contribution >= 0.6 is 0 Å². The lowest BCUT2D eigenvalue weighted by molar-refractivity contribution is 0.241. The summed E-state index contributed by atoms with van der Waals surface area (Å²) in [7, 11) is -4.01. The normalized spacial score (nSPS) is 15.8. The summed E-state index contributed by atoms with van der Waals surface area (Å²) < 4.78 is 29.3. The van der Waals surface area contributed by atoms with Gasteiger partial charge in [-0.25, -0.2) is 18.0 Å². The lowest BCUT2D eigenvalue weighted by atomic mass is 9.78. The summed E-state index contributed by atoms with van der Waals surface area (Å²) in [6.45, 7) is 27.2. The van der Waals surface area contributed by atoms with Gasteiger partial charge in [0.1, 0.15) is 0 Å². The van der Waals surface area contributed by atoms with Gasteiger partial charge in [-0.2, -0.15) is 0 Å². The van der Waals surface area contributed by atoms with E-state index in [0.29, 0.717) is 37.6 Å². The van der Waals surface area contributed by atoms with Crippen LogP contribution in [-0.4, -0.2) is 56.5 Å². The summed E-state index contributed by atoms with van der Waals surface area (Å²) in [6, 6.07) is 6.57. The minimum absolute atomic E-state index is 0.170. The van der Waals surface area contributed by atoms with Gasteiger partial charge >= 0.3 is 12.1 Å². The van der Waals surface area contributed by atoms with Gasteiger partial charge in [-0.15, -0.1) is 0 Å². The highest BCUT2D eigenvalue weighted by Gasteiger charge is 2.36. The molecule has 2 saturated heterocycles. The Bertz CT molecular complexity index is 1380. The number of nitrogens with one attached hydrogen (secondary N) is 2. The summed E-state index contributed by atoms with van der Waals surface area (Å²) in [5.41, 5.74) is 2.61. The quantitative estimate of drug-likeness (QED) is 0.352. The second kappa shape index (κ2) is 10.5. The number of sulfone groups is 1. The third-order valence-corrected chi connectivity index (χ3v) is 9.72. The zero-order valence-corrected chi connectivity index (χ0v) is 28.9. The topological polar surface area (TPSA) is 98.4 Å². The van der Waals surface area contributed by atoms with Crippen molar-refractivity contribution in [2.75, 3.05) is 36.8 Å². The lowest BCUT2D eigenvalue weighted by Crippen LogP contribution is -2.28. The Morgan fingerprint density at radius 3 is 0.953 bits per heavy atom. The molecule has 9 heteroatoms. The molecule has 236 valence electrons. The number of benzene rings is 2. The molecule has 2 aliphatic rings. The minimum atomic E-state index is -4.01. The first kappa shape index (κ1) is 32.8. The van der Waals surface area contributed by atoms with E-state index in [1.807, 2.05) is 83.1 Å². The summed E-state index contributed by atoms with van der Waals surface area (Å²) in [6.07, 6.45) is 0. The standard InChI is InChI=1S/C34H50N4O4S/c1-31(2,3)23-17-21(18-24(32(4,5)6)27(23)35-29(39)37-13-14-37)43(41,42)22-19-25(33(7,8)9)28(26(20-22)34(10,11)12)36-30(40)38-15-16-38/h17-20H,13-16H2,1-12H3,(H,35,39)(H,36,40). The van der Waals surface area contributed by atoms with Crippen LogP contribution in [0.15, 0.2) is 34.1 Å². The van der Waals surface area contributed by atoms with Crippen LogP contribution in [0.2, 0.25) is 0 Å². The van der Waals surface area contributed by atoms with Gasteiger partial charge in [0.05, 0.1) is 9.79 Å². The number of amides is 4. The average Bonchev–Trinajstić information content (AvgIpc) is 3.73. The van der Waals surface area contributed by atoms with Crippen molar-refractivity contribution >= 4 is 33.3 Å². The summed E-state index contributed by atoms with van der Waals surface area (Å²) >= 11 is 0. The molecular weight excluding hydrogens is 560 g/mol. The highest BCUT2D eigenvalue weighted by molar-refractivity contribution is 7.91. The van der Waals surface area contributed by atoms with E-state index in [0.717, 1.165) is 22.3 Å². The van der Waals surface area contributed by atoms with E-state index in [1.54, 1.807) is 34.1 Å². The van der Waals surface area contributed by atoms with Gasteiger partial charge in [-0.05, 0) is 68.2 Å². The third kappa shape index (κ3) is 7.03. The first-order valence-electron chi connectivity index (χ1n) is 15.2. The predicted octanol–water partition coefficient (Wildman–Crippen LogP) is 7.40. The largest absolute Gasteiger partial charge is 0.321 e. The fraction of sp³-hybridized carbons (Fsp3) is 0.588. The van der Waals surface area contributed by atoms with Crippen molar-refractivity contribution in [3.8, 4) is 0 Å². The molecule has 2 heterocycles. The van der Waals surface area contributed by atoms with Gasteiger partial charge in [0.2, 0.25) is 9.84 Å². The Morgan fingerprint density at radius 1 is 0.535 bits per heavy atom. The Labute approximate surface area is 258 Å². The van der Waals surface area contributed by atoms with Crippen LogP contribution in [0, 0.1) is 0 Å². The zero-order valence-electron chi connectivity index (χ0n) is 28.1. The summed E-state index contributed by atoms with van der Waals surface area (Å²) in [5.74, 6) is 0. The molecule has 0 aromatic heterocycles. The van der Waals surface area contributed by atoms with Crippen molar-refractivity contribution in [1.29, 1.82) is 0 Å². The second-order valence-corrected chi connectivity index (χ2v) is 18.1. The van der Waals surface area contributed by atoms with Gasteiger partial charge < -0.3 is 20.4 Å². The summed E-state index contributed by atoms with van der Waals surface area (Å²) in [5, 5.41) is 6.24. The molecular formula is C34H50N4O4S. The molecule has 4 rings (SSSR count). The first-order chi connectivity index (χ1) is 19.4. The number of carbonyl (C=O) groups excluding carboxylic acids is 2. The van der Waals surface area contributed by atoms with E-state index >= 15 is 0 Å². The highest BCUT2D eigenvalue weighted by atomic mass is 32.2. The van der Waals surface area contributed by atoms with Crippen molar-refractivity contribution in [3.63, 3.8) is 0 Å². The fourth-order valence-corrected chi connectivity index (χ4v) is 6.56. The van der Waals surface area contributed by atoms with Gasteiger partial charge in [0.15, 0.2) is 0 Å². The SMILES string of the molecule is CC(C)(C)c1cc(S(=O)(=O)c2cc(C(C)(C)C)c(NC(=O)N3CC3)c(C(C)(C)C)c2)cc(C(C)(C)C)c1NC(=O)N1CC1. The maximum atomic E-state index is 14.7. The molecule has 2 aliphatic heterocycles. The number of anilines is 2. The Balaban J connectivity index is 1.99. The zero-order chi connectivity index (χ0) is 32.5. The molecule has 2 N–H and O–H groups in total. The fourth-order valence-electron chi connectivity index (χ4n) is 5.19. The molecule has 0 atom stereocenters. The Hall–Kier alpha value is -3.07. The van der Waals surface area contributed by atoms with E-state index < -0.39 is 31.5 Å². The number of nitrogens with zero attached hydrogens (tertiary/aromatic N) is 2. The maximum Gasteiger partial charge on any atom is 0.321 e. The molecule has 0 saturated carbocycles. The molecule has 0 aliphatic carbocycles. The third-order valence-electron chi connectivity index (χ3n) is 8.01. The predicted molar refractivity (Wildman–Crippen MR) is 174 cm³/mol. The molecule has 0 spiro atoms. The van der Waals surface area contributed by atoms with Gasteiger partial charge in [0.25, 0.3) is 0 Å². The number of rotatable bonds is 4. The van der Waals surface area contributed by atoms with E-state index in [-0.39, 0.29) is 21.9 Å². The molecule has 43 heavy (non-hydrogen) atoms. The molecule has 8 nitrogen and oxygen atoms in total. The van der Waals surface area contributed by atoms with Crippen molar-refractivity contribution < 1.29 is 18.0 Å². The average molecular weight is 611 g/mol. The van der Waals surface area contributed by atoms with Crippen LogP contribution in [0.1, 0.15) is 105 Å². The first-order valence-corrected chi connectivity index (χ1v) is 16.7. The molecule has 2 fully saturated rings. The van der Waals surface area contributed by atoms with Crippen LogP contribution in [-0.2, 0) is 31.5 Å². The molecule has 0 bridgehead atoms. The summed E-state index contributed by atoms with van der Waals surface area (Å²) in [4.78, 5) is 29.6. The Kier molecular flexibility index (Phi) is 8.04. The molecule has 2 aromatic carbocycles. The smallest absolute Gasteiger partial charge is 0.321 e. The van der Waals surface area contributed by atoms with Crippen LogP contribution in [0.3, 0.4) is 0 Å². The van der Waals surface area contributed by atoms with E-state index in [4.69, 9.17) is 0 Å². The van der Waals surface area contributed by atoms with Crippen LogP contribution in [0.4, 0.5) is 21.0 Å². The molecule has 0 unspecified atom stereocenters. The van der Waals surface area contributed by atoms with E-state index in [2.05, 4.69) is 10.6 Å². The molecule has 0 radical (unpaired) electrons. The van der Waals surface area contributed by atoms with Crippen LogP contribution in [0.5, 0.6) is 0 Å². The second-order valence-electron chi connectivity index (χ2n) is 16.1. The minimum Gasteiger partial charge on any atom is -0.321 e.